The molecule has 1 aliphatic rings. The van der Waals surface area contributed by atoms with Crippen molar-refractivity contribution in [2.24, 2.45) is 0 Å². The van der Waals surface area contributed by atoms with Crippen molar-refractivity contribution in [3.63, 3.8) is 0 Å². The van der Waals surface area contributed by atoms with Gasteiger partial charge in [-0.15, -0.1) is 0 Å². The molecule has 2 rings (SSSR count). The Morgan fingerprint density at radius 2 is 2.27 bits per heavy atom. The van der Waals surface area contributed by atoms with Crippen LogP contribution in [0.25, 0.3) is 0 Å². The van der Waals surface area contributed by atoms with Gasteiger partial charge in [-0.1, -0.05) is 12.5 Å². The molecule has 0 aliphatic carbocycles. The second-order valence-corrected chi connectivity index (χ2v) is 5.76. The van der Waals surface area contributed by atoms with Gasteiger partial charge in [-0.25, -0.2) is 0 Å². The monoisotopic (exact) mass is 306 g/mol. The van der Waals surface area contributed by atoms with Gasteiger partial charge in [-0.05, 0) is 38.4 Å². The molecule has 1 saturated heterocycles. The highest BCUT2D eigenvalue weighted by Crippen LogP contribution is 2.20. The number of piperidine rings is 1. The predicted molar refractivity (Wildman–Crippen MR) is 86.4 cm³/mol. The van der Waals surface area contributed by atoms with E-state index in [1.807, 2.05) is 25.1 Å². The van der Waals surface area contributed by atoms with E-state index in [-0.39, 0.29) is 18.6 Å². The fourth-order valence-electron chi connectivity index (χ4n) is 3.05. The zero-order valence-electron chi connectivity index (χ0n) is 13.5. The van der Waals surface area contributed by atoms with Crippen molar-refractivity contribution in [3.8, 4) is 5.75 Å². The first kappa shape index (κ1) is 16.8. The van der Waals surface area contributed by atoms with E-state index in [1.54, 1.807) is 7.11 Å². The van der Waals surface area contributed by atoms with Gasteiger partial charge >= 0.3 is 0 Å². The number of rotatable bonds is 6. The molecule has 2 N–H and O–H groups in total. The Labute approximate surface area is 132 Å². The van der Waals surface area contributed by atoms with Crippen LogP contribution in [0.15, 0.2) is 18.2 Å². The van der Waals surface area contributed by atoms with Gasteiger partial charge in [-0.2, -0.15) is 0 Å². The standard InChI is InChI=1S/C17H26N2O3/c1-13-15(7-5-8-16(13)22-2)17(21)18-9-11-19-10-4-3-6-14(19)12-20/h5,7-8,14,20H,3-4,6,9-12H2,1-2H3,(H,18,21). The number of nitrogens with one attached hydrogen (secondary N) is 1. The number of likely N-dealkylation sites (tertiary alicyclic amines) is 1. The van der Waals surface area contributed by atoms with Crippen LogP contribution in [0.5, 0.6) is 5.75 Å². The molecule has 1 aromatic carbocycles. The number of hydrogen-bond acceptors (Lipinski definition) is 4. The maximum Gasteiger partial charge on any atom is 0.251 e. The van der Waals surface area contributed by atoms with Crippen molar-refractivity contribution in [2.75, 3.05) is 33.4 Å². The third-order valence-electron chi connectivity index (χ3n) is 4.39. The lowest BCUT2D eigenvalue weighted by atomic mass is 10.0. The van der Waals surface area contributed by atoms with E-state index in [1.165, 1.54) is 12.8 Å². The van der Waals surface area contributed by atoms with Crippen LogP contribution in [-0.4, -0.2) is 55.3 Å². The fraction of sp³-hybridized carbons (Fsp3) is 0.588. The molecule has 1 fully saturated rings. The lowest BCUT2D eigenvalue weighted by Gasteiger charge is -2.34. The molecule has 0 spiro atoms. The quantitative estimate of drug-likeness (QED) is 0.838. The molecular weight excluding hydrogens is 280 g/mol. The molecule has 0 bridgehead atoms. The molecule has 1 aliphatic heterocycles. The minimum Gasteiger partial charge on any atom is -0.496 e. The minimum atomic E-state index is -0.0750. The molecular formula is C17H26N2O3. The van der Waals surface area contributed by atoms with Gasteiger partial charge in [0.1, 0.15) is 5.75 Å². The summed E-state index contributed by atoms with van der Waals surface area (Å²) in [6.07, 6.45) is 3.38. The number of nitrogens with zero attached hydrogens (tertiary/aromatic N) is 1. The Hall–Kier alpha value is -1.59. The van der Waals surface area contributed by atoms with Gasteiger partial charge in [-0.3, -0.25) is 9.69 Å². The van der Waals surface area contributed by atoms with Gasteiger partial charge in [0.2, 0.25) is 0 Å². The molecule has 1 heterocycles. The predicted octanol–water partition coefficient (Wildman–Crippen LogP) is 1.58. The van der Waals surface area contributed by atoms with Crippen LogP contribution in [0.4, 0.5) is 0 Å². The summed E-state index contributed by atoms with van der Waals surface area (Å²) in [5.74, 6) is 0.651. The van der Waals surface area contributed by atoms with Crippen LogP contribution in [0, 0.1) is 6.92 Å². The summed E-state index contributed by atoms with van der Waals surface area (Å²) in [7, 11) is 1.61. The molecule has 0 saturated carbocycles. The highest BCUT2D eigenvalue weighted by Gasteiger charge is 2.21. The summed E-state index contributed by atoms with van der Waals surface area (Å²) < 4.78 is 5.25. The molecule has 0 aromatic heterocycles. The number of aliphatic hydroxyl groups is 1. The van der Waals surface area contributed by atoms with Crippen molar-refractivity contribution >= 4 is 5.91 Å². The first-order valence-electron chi connectivity index (χ1n) is 7.94. The fourth-order valence-corrected chi connectivity index (χ4v) is 3.05. The molecule has 122 valence electrons. The van der Waals surface area contributed by atoms with Crippen molar-refractivity contribution < 1.29 is 14.6 Å². The van der Waals surface area contributed by atoms with Crippen LogP contribution < -0.4 is 10.1 Å². The van der Waals surface area contributed by atoms with Crippen molar-refractivity contribution in [2.45, 2.75) is 32.2 Å². The first-order chi connectivity index (χ1) is 10.7. The van der Waals surface area contributed by atoms with Crippen LogP contribution >= 0.6 is 0 Å². The molecule has 0 radical (unpaired) electrons. The van der Waals surface area contributed by atoms with Gasteiger partial charge in [0, 0.05) is 30.3 Å². The maximum absolute atomic E-state index is 12.3. The maximum atomic E-state index is 12.3. The minimum absolute atomic E-state index is 0.0750. The highest BCUT2D eigenvalue weighted by atomic mass is 16.5. The molecule has 1 atom stereocenters. The summed E-state index contributed by atoms with van der Waals surface area (Å²) >= 11 is 0. The average Bonchev–Trinajstić information content (AvgIpc) is 2.55. The van der Waals surface area contributed by atoms with E-state index in [4.69, 9.17) is 4.74 Å². The third-order valence-corrected chi connectivity index (χ3v) is 4.39. The molecule has 5 nitrogen and oxygen atoms in total. The topological polar surface area (TPSA) is 61.8 Å². The Bertz CT molecular complexity index is 505. The van der Waals surface area contributed by atoms with Crippen LogP contribution in [0.3, 0.4) is 0 Å². The van der Waals surface area contributed by atoms with E-state index in [2.05, 4.69) is 10.2 Å². The Morgan fingerprint density at radius 3 is 3.00 bits per heavy atom. The number of carbonyl (C=O) groups excluding carboxylic acids is 1. The largest absolute Gasteiger partial charge is 0.496 e. The number of aliphatic hydroxyl groups excluding tert-OH is 1. The third kappa shape index (κ3) is 3.99. The summed E-state index contributed by atoms with van der Waals surface area (Å²) in [6.45, 7) is 4.45. The van der Waals surface area contributed by atoms with Crippen molar-refractivity contribution in [1.82, 2.24) is 10.2 Å². The zero-order valence-corrected chi connectivity index (χ0v) is 13.5. The van der Waals surface area contributed by atoms with Gasteiger partial charge in [0.15, 0.2) is 0 Å². The van der Waals surface area contributed by atoms with Gasteiger partial charge in [0.05, 0.1) is 13.7 Å². The van der Waals surface area contributed by atoms with E-state index >= 15 is 0 Å². The average molecular weight is 306 g/mol. The summed E-state index contributed by atoms with van der Waals surface area (Å²) in [5, 5.41) is 12.4. The smallest absolute Gasteiger partial charge is 0.251 e. The number of ether oxygens (including phenoxy) is 1. The summed E-state index contributed by atoms with van der Waals surface area (Å²) in [4.78, 5) is 14.6. The van der Waals surface area contributed by atoms with E-state index in [0.717, 1.165) is 30.8 Å². The van der Waals surface area contributed by atoms with Crippen molar-refractivity contribution in [1.29, 1.82) is 0 Å². The molecule has 1 aromatic rings. The number of benzene rings is 1. The lowest BCUT2D eigenvalue weighted by Crippen LogP contribution is -2.45. The van der Waals surface area contributed by atoms with E-state index in [0.29, 0.717) is 12.1 Å². The normalized spacial score (nSPS) is 19.0. The van der Waals surface area contributed by atoms with Crippen molar-refractivity contribution in [3.05, 3.63) is 29.3 Å². The summed E-state index contributed by atoms with van der Waals surface area (Å²) in [5.41, 5.74) is 1.51. The van der Waals surface area contributed by atoms with Crippen LogP contribution in [-0.2, 0) is 0 Å². The molecule has 1 amide bonds. The van der Waals surface area contributed by atoms with E-state index in [9.17, 15) is 9.90 Å². The number of hydrogen-bond donors (Lipinski definition) is 2. The van der Waals surface area contributed by atoms with Crippen LogP contribution in [0.2, 0.25) is 0 Å². The zero-order chi connectivity index (χ0) is 15.9. The molecule has 5 heteroatoms. The number of carbonyl (C=O) groups is 1. The SMILES string of the molecule is COc1cccc(C(=O)NCCN2CCCCC2CO)c1C. The molecule has 1 unspecified atom stereocenters. The van der Waals surface area contributed by atoms with E-state index < -0.39 is 0 Å². The molecule has 22 heavy (non-hydrogen) atoms. The van der Waals surface area contributed by atoms with Gasteiger partial charge < -0.3 is 15.2 Å². The Morgan fingerprint density at radius 1 is 1.45 bits per heavy atom. The Balaban J connectivity index is 1.87. The summed E-state index contributed by atoms with van der Waals surface area (Å²) in [6, 6.07) is 5.73. The highest BCUT2D eigenvalue weighted by molar-refractivity contribution is 5.96. The number of methoxy groups -OCH3 is 1. The first-order valence-corrected chi connectivity index (χ1v) is 7.94. The lowest BCUT2D eigenvalue weighted by molar-refractivity contribution is 0.0848. The van der Waals surface area contributed by atoms with Gasteiger partial charge in [0.25, 0.3) is 5.91 Å². The van der Waals surface area contributed by atoms with Crippen LogP contribution in [0.1, 0.15) is 35.2 Å². The number of amides is 1. The second kappa shape index (κ2) is 8.15. The second-order valence-electron chi connectivity index (χ2n) is 5.76. The Kier molecular flexibility index (Phi) is 6.21.